The number of thiocarbonyl (C=S) groups is 1. The van der Waals surface area contributed by atoms with Crippen molar-refractivity contribution in [1.29, 1.82) is 0 Å². The third-order valence-electron chi connectivity index (χ3n) is 4.27. The molecule has 0 atom stereocenters. The van der Waals surface area contributed by atoms with Crippen LogP contribution in [-0.4, -0.2) is 11.3 Å². The Hall–Kier alpha value is -3.31. The zero-order valence-electron chi connectivity index (χ0n) is 14.3. The first-order valence-electron chi connectivity index (χ1n) is 8.47. The Labute approximate surface area is 161 Å². The van der Waals surface area contributed by atoms with Crippen LogP contribution in [0.25, 0.3) is 21.5 Å². The Bertz CT molecular complexity index is 1100. The highest BCUT2D eigenvalue weighted by Gasteiger charge is 2.05. The first kappa shape index (κ1) is 17.1. The molecular weight excluding hydrogens is 357 g/mol. The molecule has 5 heteroatoms. The smallest absolute Gasteiger partial charge is 0.191 e. The molecule has 0 unspecified atom stereocenters. The number of hydrogen-bond acceptors (Lipinski definition) is 2. The Morgan fingerprint density at radius 2 is 1.44 bits per heavy atom. The Morgan fingerprint density at radius 3 is 2.07 bits per heavy atom. The summed E-state index contributed by atoms with van der Waals surface area (Å²) in [6.45, 7) is 0. The number of anilines is 1. The molecule has 3 nitrogen and oxygen atoms in total. The molecule has 0 saturated heterocycles. The summed E-state index contributed by atoms with van der Waals surface area (Å²) in [5.41, 5.74) is 4.54. The molecule has 0 aliphatic carbocycles. The zero-order valence-corrected chi connectivity index (χ0v) is 15.1. The number of nitrogens with one attached hydrogen (secondary N) is 2. The van der Waals surface area contributed by atoms with E-state index in [0.29, 0.717) is 10.8 Å². The average molecular weight is 373 g/mol. The third-order valence-corrected chi connectivity index (χ3v) is 4.47. The van der Waals surface area contributed by atoms with Crippen LogP contribution in [0.1, 0.15) is 5.56 Å². The predicted octanol–water partition coefficient (Wildman–Crippen LogP) is 5.45. The van der Waals surface area contributed by atoms with Gasteiger partial charge in [0.2, 0.25) is 0 Å². The fourth-order valence-electron chi connectivity index (χ4n) is 3.04. The number of benzene rings is 4. The van der Waals surface area contributed by atoms with Gasteiger partial charge in [-0.05, 0) is 64.1 Å². The second kappa shape index (κ2) is 7.51. The van der Waals surface area contributed by atoms with Gasteiger partial charge in [0.15, 0.2) is 5.11 Å². The minimum atomic E-state index is -0.291. The maximum atomic E-state index is 13.0. The van der Waals surface area contributed by atoms with E-state index in [4.69, 9.17) is 12.2 Å². The molecule has 2 N–H and O–H groups in total. The van der Waals surface area contributed by atoms with Crippen LogP contribution in [0.4, 0.5) is 10.1 Å². The SMILES string of the molecule is Fc1ccc(NC(=S)N/N=C\c2c3ccccc3cc3ccccc23)cc1. The summed E-state index contributed by atoms with van der Waals surface area (Å²) in [4.78, 5) is 0. The normalized spacial score (nSPS) is 11.1. The summed E-state index contributed by atoms with van der Waals surface area (Å²) >= 11 is 5.25. The molecule has 4 aromatic carbocycles. The minimum absolute atomic E-state index is 0.291. The van der Waals surface area contributed by atoms with Gasteiger partial charge in [0.05, 0.1) is 6.21 Å². The lowest BCUT2D eigenvalue weighted by Gasteiger charge is -2.09. The lowest BCUT2D eigenvalue weighted by molar-refractivity contribution is 0.628. The Balaban J connectivity index is 1.60. The number of rotatable bonds is 3. The van der Waals surface area contributed by atoms with Gasteiger partial charge in [-0.3, -0.25) is 5.43 Å². The van der Waals surface area contributed by atoms with E-state index in [9.17, 15) is 4.39 Å². The molecule has 0 aliphatic heterocycles. The highest BCUT2D eigenvalue weighted by molar-refractivity contribution is 7.80. The maximum Gasteiger partial charge on any atom is 0.191 e. The molecule has 0 aromatic heterocycles. The van der Waals surface area contributed by atoms with Crippen molar-refractivity contribution in [3.05, 3.63) is 90.2 Å². The molecule has 0 spiro atoms. The van der Waals surface area contributed by atoms with Crippen molar-refractivity contribution in [2.24, 2.45) is 5.10 Å². The van der Waals surface area contributed by atoms with Crippen LogP contribution >= 0.6 is 12.2 Å². The molecule has 0 bridgehead atoms. The van der Waals surface area contributed by atoms with E-state index < -0.39 is 0 Å². The van der Waals surface area contributed by atoms with Crippen molar-refractivity contribution in [1.82, 2.24) is 5.43 Å². The van der Waals surface area contributed by atoms with Gasteiger partial charge in [-0.25, -0.2) is 4.39 Å². The van der Waals surface area contributed by atoms with Gasteiger partial charge in [0, 0.05) is 11.3 Å². The molecular formula is C22H16FN3S. The van der Waals surface area contributed by atoms with Crippen LogP contribution in [0.3, 0.4) is 0 Å². The van der Waals surface area contributed by atoms with Crippen molar-refractivity contribution >= 4 is 50.8 Å². The quantitative estimate of drug-likeness (QED) is 0.217. The second-order valence-corrected chi connectivity index (χ2v) is 6.47. The monoisotopic (exact) mass is 373 g/mol. The van der Waals surface area contributed by atoms with E-state index in [1.807, 2.05) is 24.3 Å². The van der Waals surface area contributed by atoms with Crippen molar-refractivity contribution in [2.75, 3.05) is 5.32 Å². The van der Waals surface area contributed by atoms with E-state index in [2.05, 4.69) is 46.2 Å². The van der Waals surface area contributed by atoms with Crippen LogP contribution in [0.5, 0.6) is 0 Å². The summed E-state index contributed by atoms with van der Waals surface area (Å²) in [5, 5.41) is 12.2. The molecule has 4 rings (SSSR count). The summed E-state index contributed by atoms with van der Waals surface area (Å²) in [6.07, 6.45) is 1.78. The topological polar surface area (TPSA) is 36.4 Å². The van der Waals surface area contributed by atoms with E-state index in [-0.39, 0.29) is 5.82 Å². The van der Waals surface area contributed by atoms with Gasteiger partial charge in [0.25, 0.3) is 0 Å². The minimum Gasteiger partial charge on any atom is -0.331 e. The molecule has 0 amide bonds. The Kier molecular flexibility index (Phi) is 4.77. The summed E-state index contributed by atoms with van der Waals surface area (Å²) in [6, 6.07) is 24.6. The van der Waals surface area contributed by atoms with Gasteiger partial charge in [-0.15, -0.1) is 0 Å². The van der Waals surface area contributed by atoms with Crippen LogP contribution in [0, 0.1) is 5.82 Å². The van der Waals surface area contributed by atoms with Crippen molar-refractivity contribution in [3.63, 3.8) is 0 Å². The second-order valence-electron chi connectivity index (χ2n) is 6.06. The van der Waals surface area contributed by atoms with Gasteiger partial charge in [0.1, 0.15) is 5.82 Å². The molecule has 27 heavy (non-hydrogen) atoms. The summed E-state index contributed by atoms with van der Waals surface area (Å²) in [7, 11) is 0. The highest BCUT2D eigenvalue weighted by atomic mass is 32.1. The lowest BCUT2D eigenvalue weighted by atomic mass is 9.97. The average Bonchev–Trinajstić information content (AvgIpc) is 2.69. The zero-order chi connectivity index (χ0) is 18.6. The van der Waals surface area contributed by atoms with E-state index in [0.717, 1.165) is 27.1 Å². The van der Waals surface area contributed by atoms with Gasteiger partial charge >= 0.3 is 0 Å². The molecule has 0 aliphatic rings. The van der Waals surface area contributed by atoms with Gasteiger partial charge in [-0.2, -0.15) is 5.10 Å². The summed E-state index contributed by atoms with van der Waals surface area (Å²) < 4.78 is 13.0. The van der Waals surface area contributed by atoms with Crippen molar-refractivity contribution in [2.45, 2.75) is 0 Å². The molecule has 0 fully saturated rings. The number of nitrogens with zero attached hydrogens (tertiary/aromatic N) is 1. The van der Waals surface area contributed by atoms with Crippen LogP contribution in [-0.2, 0) is 0 Å². The van der Waals surface area contributed by atoms with Crippen molar-refractivity contribution in [3.8, 4) is 0 Å². The van der Waals surface area contributed by atoms with E-state index >= 15 is 0 Å². The first-order chi connectivity index (χ1) is 13.2. The molecule has 4 aromatic rings. The standard InChI is InChI=1S/C22H16FN3S/c23-17-9-11-18(12-10-17)25-22(27)26-24-14-21-19-7-3-1-5-15(19)13-16-6-2-4-8-20(16)21/h1-14H,(H2,25,26,27)/b24-14-. The highest BCUT2D eigenvalue weighted by Crippen LogP contribution is 2.27. The van der Waals surface area contributed by atoms with E-state index in [1.54, 1.807) is 18.3 Å². The number of halogens is 1. The van der Waals surface area contributed by atoms with Gasteiger partial charge in [-0.1, -0.05) is 48.5 Å². The fraction of sp³-hybridized carbons (Fsp3) is 0. The number of hydrogen-bond donors (Lipinski definition) is 2. The fourth-order valence-corrected chi connectivity index (χ4v) is 3.21. The van der Waals surface area contributed by atoms with Crippen molar-refractivity contribution < 1.29 is 4.39 Å². The van der Waals surface area contributed by atoms with E-state index in [1.165, 1.54) is 12.1 Å². The summed E-state index contributed by atoms with van der Waals surface area (Å²) in [5.74, 6) is -0.291. The van der Waals surface area contributed by atoms with Crippen LogP contribution in [0.2, 0.25) is 0 Å². The Morgan fingerprint density at radius 1 is 0.852 bits per heavy atom. The van der Waals surface area contributed by atoms with Crippen LogP contribution < -0.4 is 10.7 Å². The number of hydrazone groups is 1. The van der Waals surface area contributed by atoms with Gasteiger partial charge < -0.3 is 5.32 Å². The maximum absolute atomic E-state index is 13.0. The molecule has 0 saturated carbocycles. The number of fused-ring (bicyclic) bond motifs is 2. The molecule has 0 radical (unpaired) electrons. The third kappa shape index (κ3) is 3.78. The predicted molar refractivity (Wildman–Crippen MR) is 115 cm³/mol. The van der Waals surface area contributed by atoms with Crippen LogP contribution in [0.15, 0.2) is 84.0 Å². The first-order valence-corrected chi connectivity index (χ1v) is 8.88. The lowest BCUT2D eigenvalue weighted by Crippen LogP contribution is -2.23. The largest absolute Gasteiger partial charge is 0.331 e. The molecule has 132 valence electrons. The molecule has 0 heterocycles.